The minimum Gasteiger partial charge on any atom is -0.476 e. The van der Waals surface area contributed by atoms with Gasteiger partial charge in [0.15, 0.2) is 11.4 Å². The van der Waals surface area contributed by atoms with E-state index in [9.17, 15) is 4.79 Å². The highest BCUT2D eigenvalue weighted by atomic mass is 16.5. The smallest absolute Gasteiger partial charge is 0.358 e. The van der Waals surface area contributed by atoms with E-state index in [-0.39, 0.29) is 11.4 Å². The summed E-state index contributed by atoms with van der Waals surface area (Å²) in [5, 5.41) is 15.4. The zero-order valence-corrected chi connectivity index (χ0v) is 8.47. The molecule has 0 fully saturated rings. The molecular formula is C10H9N3O3. The number of aromatic amines is 1. The molecule has 0 atom stereocenters. The average molecular weight is 219 g/mol. The van der Waals surface area contributed by atoms with Crippen molar-refractivity contribution < 1.29 is 14.6 Å². The van der Waals surface area contributed by atoms with E-state index in [1.807, 2.05) is 6.92 Å². The van der Waals surface area contributed by atoms with Gasteiger partial charge in [0.25, 0.3) is 0 Å². The van der Waals surface area contributed by atoms with Gasteiger partial charge >= 0.3 is 5.97 Å². The Morgan fingerprint density at radius 2 is 2.38 bits per heavy atom. The van der Waals surface area contributed by atoms with E-state index < -0.39 is 5.97 Å². The van der Waals surface area contributed by atoms with E-state index in [0.29, 0.717) is 5.88 Å². The van der Waals surface area contributed by atoms with Crippen LogP contribution in [0.25, 0.3) is 0 Å². The molecule has 0 spiro atoms. The number of nitrogens with zero attached hydrogens (tertiary/aromatic N) is 2. The van der Waals surface area contributed by atoms with Crippen LogP contribution in [0.1, 0.15) is 16.2 Å². The Hall–Kier alpha value is -2.37. The molecular weight excluding hydrogens is 210 g/mol. The first-order valence-electron chi connectivity index (χ1n) is 4.55. The maximum atomic E-state index is 10.8. The molecule has 16 heavy (non-hydrogen) atoms. The topological polar surface area (TPSA) is 88.1 Å². The van der Waals surface area contributed by atoms with Crippen molar-refractivity contribution in [3.63, 3.8) is 0 Å². The van der Waals surface area contributed by atoms with Crippen molar-refractivity contribution >= 4 is 5.97 Å². The molecule has 6 heteroatoms. The van der Waals surface area contributed by atoms with Crippen LogP contribution in [-0.4, -0.2) is 26.3 Å². The fourth-order valence-electron chi connectivity index (χ4n) is 1.19. The van der Waals surface area contributed by atoms with Crippen LogP contribution in [0.5, 0.6) is 11.6 Å². The van der Waals surface area contributed by atoms with Crippen LogP contribution in [0, 0.1) is 6.92 Å². The number of hydrogen-bond acceptors (Lipinski definition) is 4. The van der Waals surface area contributed by atoms with Crippen LogP contribution in [0.3, 0.4) is 0 Å². The Balaban J connectivity index is 2.31. The van der Waals surface area contributed by atoms with Crippen molar-refractivity contribution in [2.75, 3.05) is 0 Å². The summed E-state index contributed by atoms with van der Waals surface area (Å²) in [5.74, 6) is -0.655. The number of H-pyrrole nitrogens is 1. The van der Waals surface area contributed by atoms with Gasteiger partial charge in [0, 0.05) is 18.0 Å². The molecule has 2 aromatic rings. The molecule has 0 aliphatic rings. The summed E-state index contributed by atoms with van der Waals surface area (Å²) in [6.07, 6.45) is 1.39. The van der Waals surface area contributed by atoms with Crippen molar-refractivity contribution in [1.29, 1.82) is 0 Å². The molecule has 0 unspecified atom stereocenters. The lowest BCUT2D eigenvalue weighted by Crippen LogP contribution is -2.02. The number of aromatic carboxylic acids is 1. The van der Waals surface area contributed by atoms with E-state index in [2.05, 4.69) is 15.2 Å². The normalized spacial score (nSPS) is 10.1. The fourth-order valence-corrected chi connectivity index (χ4v) is 1.19. The second kappa shape index (κ2) is 4.01. The lowest BCUT2D eigenvalue weighted by atomic mass is 10.3. The third-order valence-electron chi connectivity index (χ3n) is 1.87. The molecule has 0 aromatic carbocycles. The summed E-state index contributed by atoms with van der Waals surface area (Å²) < 4.78 is 5.31. The van der Waals surface area contributed by atoms with Crippen molar-refractivity contribution in [3.8, 4) is 11.6 Å². The van der Waals surface area contributed by atoms with E-state index >= 15 is 0 Å². The molecule has 0 aliphatic carbocycles. The van der Waals surface area contributed by atoms with Gasteiger partial charge in [-0.05, 0) is 19.1 Å². The van der Waals surface area contributed by atoms with E-state index in [1.54, 1.807) is 12.1 Å². The largest absolute Gasteiger partial charge is 0.476 e. The Kier molecular flexibility index (Phi) is 2.55. The highest BCUT2D eigenvalue weighted by Gasteiger charge is 2.13. The van der Waals surface area contributed by atoms with Gasteiger partial charge in [0.1, 0.15) is 0 Å². The molecule has 2 heterocycles. The molecule has 0 bridgehead atoms. The van der Waals surface area contributed by atoms with Gasteiger partial charge in [-0.3, -0.25) is 5.10 Å². The predicted molar refractivity (Wildman–Crippen MR) is 54.6 cm³/mol. The van der Waals surface area contributed by atoms with Crippen LogP contribution in [0.2, 0.25) is 0 Å². The molecule has 2 N–H and O–H groups in total. The van der Waals surface area contributed by atoms with Crippen LogP contribution in [0.4, 0.5) is 0 Å². The molecule has 2 rings (SSSR count). The molecule has 82 valence electrons. The molecule has 0 aliphatic heterocycles. The first-order chi connectivity index (χ1) is 7.66. The second-order valence-corrected chi connectivity index (χ2v) is 3.15. The van der Waals surface area contributed by atoms with Crippen molar-refractivity contribution in [2.45, 2.75) is 6.92 Å². The van der Waals surface area contributed by atoms with Crippen LogP contribution < -0.4 is 4.74 Å². The highest BCUT2D eigenvalue weighted by molar-refractivity contribution is 5.88. The number of pyridine rings is 1. The lowest BCUT2D eigenvalue weighted by Gasteiger charge is -2.03. The maximum absolute atomic E-state index is 10.8. The monoisotopic (exact) mass is 219 g/mol. The number of carboxylic acids is 1. The molecule has 6 nitrogen and oxygen atoms in total. The average Bonchev–Trinajstić information content (AvgIpc) is 2.64. The van der Waals surface area contributed by atoms with Gasteiger partial charge in [-0.25, -0.2) is 9.78 Å². The standard InChI is InChI=1S/C10H9N3O3/c1-6-5-8(13-12-6)16-7-3-2-4-11-9(7)10(14)15/h2-5H,1H3,(H,12,13)(H,14,15). The number of rotatable bonds is 3. The molecule has 0 radical (unpaired) electrons. The highest BCUT2D eigenvalue weighted by Crippen LogP contribution is 2.22. The van der Waals surface area contributed by atoms with Crippen molar-refractivity contribution in [2.24, 2.45) is 0 Å². The molecule has 2 aromatic heterocycles. The molecule has 0 saturated heterocycles. The number of nitrogens with one attached hydrogen (secondary N) is 1. The Morgan fingerprint density at radius 3 is 3.00 bits per heavy atom. The maximum Gasteiger partial charge on any atom is 0.358 e. The number of carboxylic acid groups (broad SMARTS) is 1. The Labute approximate surface area is 90.9 Å². The number of ether oxygens (including phenoxy) is 1. The summed E-state index contributed by atoms with van der Waals surface area (Å²) in [4.78, 5) is 14.6. The van der Waals surface area contributed by atoms with Gasteiger partial charge in [-0.2, -0.15) is 0 Å². The molecule has 0 saturated carbocycles. The lowest BCUT2D eigenvalue weighted by molar-refractivity contribution is 0.0687. The minimum atomic E-state index is -1.14. The summed E-state index contributed by atoms with van der Waals surface area (Å²) in [7, 11) is 0. The summed E-state index contributed by atoms with van der Waals surface area (Å²) in [6.45, 7) is 1.82. The van der Waals surface area contributed by atoms with Crippen LogP contribution >= 0.6 is 0 Å². The summed E-state index contributed by atoms with van der Waals surface area (Å²) in [5.41, 5.74) is 0.693. The molecule has 0 amide bonds. The third kappa shape index (κ3) is 2.00. The Bertz CT molecular complexity index is 522. The van der Waals surface area contributed by atoms with Crippen molar-refractivity contribution in [1.82, 2.24) is 15.2 Å². The van der Waals surface area contributed by atoms with E-state index in [4.69, 9.17) is 9.84 Å². The fraction of sp³-hybridized carbons (Fsp3) is 0.100. The minimum absolute atomic E-state index is 0.136. The number of aromatic nitrogens is 3. The quantitative estimate of drug-likeness (QED) is 0.818. The first-order valence-corrected chi connectivity index (χ1v) is 4.55. The summed E-state index contributed by atoms with van der Waals surface area (Å²) >= 11 is 0. The van der Waals surface area contributed by atoms with Gasteiger partial charge < -0.3 is 9.84 Å². The number of aryl methyl sites for hydroxylation is 1. The van der Waals surface area contributed by atoms with Crippen LogP contribution in [-0.2, 0) is 0 Å². The van der Waals surface area contributed by atoms with Crippen LogP contribution in [0.15, 0.2) is 24.4 Å². The van der Waals surface area contributed by atoms with Gasteiger partial charge in [-0.15, -0.1) is 5.10 Å². The third-order valence-corrected chi connectivity index (χ3v) is 1.87. The van der Waals surface area contributed by atoms with Crippen molar-refractivity contribution in [3.05, 3.63) is 35.8 Å². The van der Waals surface area contributed by atoms with Gasteiger partial charge in [0.05, 0.1) is 0 Å². The number of carbonyl (C=O) groups is 1. The Morgan fingerprint density at radius 1 is 1.56 bits per heavy atom. The number of hydrogen-bond donors (Lipinski definition) is 2. The first kappa shape index (κ1) is 10.2. The predicted octanol–water partition coefficient (Wildman–Crippen LogP) is 1.60. The zero-order valence-electron chi connectivity index (χ0n) is 8.47. The van der Waals surface area contributed by atoms with Gasteiger partial charge in [-0.1, -0.05) is 0 Å². The summed E-state index contributed by atoms with van der Waals surface area (Å²) in [6, 6.07) is 4.79. The van der Waals surface area contributed by atoms with Gasteiger partial charge in [0.2, 0.25) is 5.88 Å². The van der Waals surface area contributed by atoms with E-state index in [1.165, 1.54) is 12.3 Å². The van der Waals surface area contributed by atoms with E-state index in [0.717, 1.165) is 5.69 Å². The second-order valence-electron chi connectivity index (χ2n) is 3.15. The SMILES string of the molecule is Cc1cc(Oc2cccnc2C(=O)O)n[nH]1. The zero-order chi connectivity index (χ0) is 11.5.